The maximum Gasteiger partial charge on any atom is 0.125 e. The summed E-state index contributed by atoms with van der Waals surface area (Å²) in [4.78, 5) is 0. The van der Waals surface area contributed by atoms with Crippen molar-refractivity contribution in [1.82, 2.24) is 0 Å². The number of hydrogen-bond acceptors (Lipinski definition) is 4. The molecule has 4 nitrogen and oxygen atoms in total. The van der Waals surface area contributed by atoms with Crippen LogP contribution in [0, 0.1) is 13.8 Å². The molecule has 0 aliphatic rings. The van der Waals surface area contributed by atoms with Gasteiger partial charge in [-0.25, -0.2) is 0 Å². The molecule has 0 unspecified atom stereocenters. The van der Waals surface area contributed by atoms with Crippen LogP contribution in [0.3, 0.4) is 0 Å². The Bertz CT molecular complexity index is 617. The molecular weight excluding hydrogens is 372 g/mol. The molecule has 0 heterocycles. The number of ether oxygens (including phenoxy) is 4. The van der Waals surface area contributed by atoms with E-state index in [-0.39, 0.29) is 0 Å². The summed E-state index contributed by atoms with van der Waals surface area (Å²) in [6.07, 6.45) is 0. The van der Waals surface area contributed by atoms with E-state index in [0.29, 0.717) is 26.4 Å². The molecule has 0 aliphatic heterocycles. The number of methoxy groups -OCH3 is 1. The minimum Gasteiger partial charge on any atom is -0.497 e. The number of rotatable bonds is 9. The molecule has 0 aliphatic carbocycles. The normalized spacial score (nSPS) is 10.5. The van der Waals surface area contributed by atoms with Crippen LogP contribution < -0.4 is 14.2 Å². The van der Waals surface area contributed by atoms with Gasteiger partial charge in [0.2, 0.25) is 0 Å². The van der Waals surface area contributed by atoms with E-state index in [1.54, 1.807) is 7.11 Å². The number of hydrogen-bond donors (Lipinski definition) is 0. The summed E-state index contributed by atoms with van der Waals surface area (Å²) in [5.41, 5.74) is 2.23. The molecule has 0 N–H and O–H groups in total. The van der Waals surface area contributed by atoms with Crippen molar-refractivity contribution >= 4 is 15.9 Å². The van der Waals surface area contributed by atoms with Gasteiger partial charge in [-0.15, -0.1) is 0 Å². The molecule has 0 bridgehead atoms. The molecule has 24 heavy (non-hydrogen) atoms. The van der Waals surface area contributed by atoms with Gasteiger partial charge in [0, 0.05) is 4.47 Å². The Morgan fingerprint density at radius 3 is 1.92 bits per heavy atom. The van der Waals surface area contributed by atoms with E-state index in [4.69, 9.17) is 18.9 Å². The van der Waals surface area contributed by atoms with Gasteiger partial charge in [0.1, 0.15) is 30.5 Å². The Morgan fingerprint density at radius 2 is 1.33 bits per heavy atom. The van der Waals surface area contributed by atoms with Crippen LogP contribution in [0.25, 0.3) is 0 Å². The molecule has 2 aromatic carbocycles. The van der Waals surface area contributed by atoms with Gasteiger partial charge >= 0.3 is 0 Å². The summed E-state index contributed by atoms with van der Waals surface area (Å²) in [5.74, 6) is 2.54. The SMILES string of the molecule is COc1ccc(OCCOCCOc2c(C)cc(Br)cc2C)cc1. The van der Waals surface area contributed by atoms with Crippen molar-refractivity contribution < 1.29 is 18.9 Å². The van der Waals surface area contributed by atoms with Crippen LogP contribution in [0.15, 0.2) is 40.9 Å². The summed E-state index contributed by atoms with van der Waals surface area (Å²) in [6.45, 7) is 6.15. The molecule has 5 heteroatoms. The van der Waals surface area contributed by atoms with Gasteiger partial charge in [-0.3, -0.25) is 0 Å². The Balaban J connectivity index is 1.61. The van der Waals surface area contributed by atoms with Gasteiger partial charge in [-0.2, -0.15) is 0 Å². The van der Waals surface area contributed by atoms with E-state index in [1.165, 1.54) is 0 Å². The highest BCUT2D eigenvalue weighted by Crippen LogP contribution is 2.27. The van der Waals surface area contributed by atoms with Gasteiger partial charge in [-0.05, 0) is 61.4 Å². The first kappa shape index (κ1) is 18.6. The summed E-state index contributed by atoms with van der Waals surface area (Å²) in [6, 6.07) is 11.6. The Kier molecular flexibility index (Phi) is 7.40. The Morgan fingerprint density at radius 1 is 0.792 bits per heavy atom. The summed E-state index contributed by atoms with van der Waals surface area (Å²) in [7, 11) is 1.64. The first-order valence-corrected chi connectivity index (χ1v) is 8.63. The fraction of sp³-hybridized carbons (Fsp3) is 0.368. The maximum atomic E-state index is 5.81. The molecule has 0 amide bonds. The van der Waals surface area contributed by atoms with E-state index in [9.17, 15) is 0 Å². The molecule has 2 aromatic rings. The largest absolute Gasteiger partial charge is 0.497 e. The molecule has 0 fully saturated rings. The van der Waals surface area contributed by atoms with Crippen molar-refractivity contribution in [1.29, 1.82) is 0 Å². The molecule has 0 spiro atoms. The zero-order valence-electron chi connectivity index (χ0n) is 14.3. The first-order chi connectivity index (χ1) is 11.6. The molecule has 0 aromatic heterocycles. The lowest BCUT2D eigenvalue weighted by Gasteiger charge is -2.13. The van der Waals surface area contributed by atoms with E-state index in [1.807, 2.05) is 50.2 Å². The van der Waals surface area contributed by atoms with Crippen LogP contribution in [0.2, 0.25) is 0 Å². The van der Waals surface area contributed by atoms with Crippen molar-refractivity contribution in [2.45, 2.75) is 13.8 Å². The summed E-state index contributed by atoms with van der Waals surface area (Å²) < 4.78 is 23.1. The van der Waals surface area contributed by atoms with Gasteiger partial charge in [0.15, 0.2) is 0 Å². The van der Waals surface area contributed by atoms with Crippen LogP contribution in [0.1, 0.15) is 11.1 Å². The molecule has 0 radical (unpaired) electrons. The van der Waals surface area contributed by atoms with Crippen LogP contribution >= 0.6 is 15.9 Å². The number of halogens is 1. The van der Waals surface area contributed by atoms with Crippen molar-refractivity contribution in [3.8, 4) is 17.2 Å². The van der Waals surface area contributed by atoms with E-state index < -0.39 is 0 Å². The summed E-state index contributed by atoms with van der Waals surface area (Å²) >= 11 is 3.48. The lowest BCUT2D eigenvalue weighted by atomic mass is 10.1. The van der Waals surface area contributed by atoms with Crippen LogP contribution in [0.4, 0.5) is 0 Å². The standard InChI is InChI=1S/C19H23BrO4/c1-14-12-16(20)13-15(2)19(14)24-11-9-22-8-10-23-18-6-4-17(21-3)5-7-18/h4-7,12-13H,8-11H2,1-3H3. The van der Waals surface area contributed by atoms with Gasteiger partial charge < -0.3 is 18.9 Å². The fourth-order valence-corrected chi connectivity index (χ4v) is 3.01. The second-order valence-corrected chi connectivity index (χ2v) is 6.27. The quantitative estimate of drug-likeness (QED) is 0.584. The molecule has 130 valence electrons. The highest BCUT2D eigenvalue weighted by molar-refractivity contribution is 9.10. The average Bonchev–Trinajstić information content (AvgIpc) is 2.56. The van der Waals surface area contributed by atoms with Gasteiger partial charge in [0.25, 0.3) is 0 Å². The van der Waals surface area contributed by atoms with E-state index >= 15 is 0 Å². The molecule has 2 rings (SSSR count). The first-order valence-electron chi connectivity index (χ1n) is 7.84. The van der Waals surface area contributed by atoms with Crippen molar-refractivity contribution in [2.24, 2.45) is 0 Å². The fourth-order valence-electron chi connectivity index (χ4n) is 2.32. The average molecular weight is 395 g/mol. The smallest absolute Gasteiger partial charge is 0.125 e. The third-order valence-corrected chi connectivity index (χ3v) is 3.91. The monoisotopic (exact) mass is 394 g/mol. The lowest BCUT2D eigenvalue weighted by molar-refractivity contribution is 0.0761. The minimum atomic E-state index is 0.503. The second kappa shape index (κ2) is 9.55. The second-order valence-electron chi connectivity index (χ2n) is 5.35. The molecule has 0 atom stereocenters. The predicted molar refractivity (Wildman–Crippen MR) is 98.4 cm³/mol. The molecule has 0 saturated heterocycles. The van der Waals surface area contributed by atoms with E-state index in [0.717, 1.165) is 32.8 Å². The Labute approximate surface area is 151 Å². The zero-order chi connectivity index (χ0) is 17.4. The van der Waals surface area contributed by atoms with Crippen molar-refractivity contribution in [3.63, 3.8) is 0 Å². The van der Waals surface area contributed by atoms with Crippen LogP contribution in [-0.4, -0.2) is 33.5 Å². The highest BCUT2D eigenvalue weighted by Gasteiger charge is 2.05. The molecule has 0 saturated carbocycles. The van der Waals surface area contributed by atoms with Crippen molar-refractivity contribution in [3.05, 3.63) is 52.0 Å². The number of aryl methyl sites for hydroxylation is 2. The highest BCUT2D eigenvalue weighted by atomic mass is 79.9. The summed E-state index contributed by atoms with van der Waals surface area (Å²) in [5, 5.41) is 0. The minimum absolute atomic E-state index is 0.503. The third kappa shape index (κ3) is 5.73. The maximum absolute atomic E-state index is 5.81. The van der Waals surface area contributed by atoms with Gasteiger partial charge in [-0.1, -0.05) is 15.9 Å². The van der Waals surface area contributed by atoms with Gasteiger partial charge in [0.05, 0.1) is 20.3 Å². The Hall–Kier alpha value is -1.72. The van der Waals surface area contributed by atoms with Crippen molar-refractivity contribution in [2.75, 3.05) is 33.5 Å². The lowest BCUT2D eigenvalue weighted by Crippen LogP contribution is -2.12. The predicted octanol–water partition coefficient (Wildman–Crippen LogP) is 4.55. The zero-order valence-corrected chi connectivity index (χ0v) is 15.9. The van der Waals surface area contributed by atoms with E-state index in [2.05, 4.69) is 15.9 Å². The van der Waals surface area contributed by atoms with Crippen LogP contribution in [-0.2, 0) is 4.74 Å². The number of benzene rings is 2. The molecular formula is C19H23BrO4. The topological polar surface area (TPSA) is 36.9 Å². The third-order valence-electron chi connectivity index (χ3n) is 3.46. The van der Waals surface area contributed by atoms with Crippen LogP contribution in [0.5, 0.6) is 17.2 Å².